The Morgan fingerprint density at radius 2 is 1.79 bits per heavy atom. The van der Waals surface area contributed by atoms with E-state index >= 15 is 0 Å². The molecule has 4 heteroatoms. The molecule has 0 spiro atoms. The molecule has 19 heavy (non-hydrogen) atoms. The van der Waals surface area contributed by atoms with Gasteiger partial charge < -0.3 is 5.11 Å². The molecule has 2 saturated heterocycles. The Morgan fingerprint density at radius 1 is 1.16 bits per heavy atom. The zero-order valence-electron chi connectivity index (χ0n) is 11.0. The summed E-state index contributed by atoms with van der Waals surface area (Å²) in [5, 5.41) is 11.7. The number of thioether (sulfide) groups is 1. The molecule has 0 aromatic heterocycles. The lowest BCUT2D eigenvalue weighted by Gasteiger charge is -2.44. The van der Waals surface area contributed by atoms with Gasteiger partial charge in [-0.1, -0.05) is 6.42 Å². The van der Waals surface area contributed by atoms with Gasteiger partial charge in [-0.05, 0) is 44.2 Å². The standard InChI is InChI=1S/C15H18F2OS/c1-9-5-12(14(17)6-13(9)16)15(18)7-10-3-2-4-11(8-15)19-10/h5-6,10-11,18H,2-4,7-8H2,1H3. The highest BCUT2D eigenvalue weighted by Crippen LogP contribution is 2.50. The lowest BCUT2D eigenvalue weighted by atomic mass is 9.80. The largest absolute Gasteiger partial charge is 0.385 e. The van der Waals surface area contributed by atoms with E-state index in [9.17, 15) is 13.9 Å². The third-order valence-corrected chi connectivity index (χ3v) is 5.89. The highest BCUT2D eigenvalue weighted by Gasteiger charge is 2.43. The lowest BCUT2D eigenvalue weighted by molar-refractivity contribution is 0.00479. The van der Waals surface area contributed by atoms with Gasteiger partial charge >= 0.3 is 0 Å². The van der Waals surface area contributed by atoms with Crippen molar-refractivity contribution in [1.82, 2.24) is 0 Å². The minimum Gasteiger partial charge on any atom is -0.385 e. The molecule has 1 aromatic rings. The second-order valence-corrected chi connectivity index (χ2v) is 7.44. The molecule has 2 aliphatic rings. The first-order valence-corrected chi connectivity index (χ1v) is 7.76. The number of hydrogen-bond donors (Lipinski definition) is 1. The first kappa shape index (κ1) is 13.4. The van der Waals surface area contributed by atoms with Crippen LogP contribution in [0.5, 0.6) is 0 Å². The van der Waals surface area contributed by atoms with Crippen LogP contribution in [0.1, 0.15) is 43.2 Å². The molecular weight excluding hydrogens is 266 g/mol. The molecular formula is C15H18F2OS. The Kier molecular flexibility index (Phi) is 3.34. The van der Waals surface area contributed by atoms with Crippen molar-refractivity contribution in [2.24, 2.45) is 0 Å². The molecule has 0 saturated carbocycles. The Labute approximate surface area is 116 Å². The third kappa shape index (κ3) is 2.40. The monoisotopic (exact) mass is 284 g/mol. The minimum absolute atomic E-state index is 0.281. The van der Waals surface area contributed by atoms with E-state index in [1.165, 1.54) is 12.5 Å². The summed E-state index contributed by atoms with van der Waals surface area (Å²) in [7, 11) is 0. The molecule has 2 aliphatic heterocycles. The molecule has 1 aromatic carbocycles. The lowest BCUT2D eigenvalue weighted by Crippen LogP contribution is -2.41. The van der Waals surface area contributed by atoms with Gasteiger partial charge in [-0.2, -0.15) is 11.8 Å². The predicted octanol–water partition coefficient (Wildman–Crippen LogP) is 3.91. The number of rotatable bonds is 1. The third-order valence-electron chi connectivity index (χ3n) is 4.32. The van der Waals surface area contributed by atoms with Crippen LogP contribution in [-0.2, 0) is 5.60 Å². The average Bonchev–Trinajstić information content (AvgIpc) is 2.33. The number of fused-ring (bicyclic) bond motifs is 2. The molecule has 0 radical (unpaired) electrons. The smallest absolute Gasteiger partial charge is 0.132 e. The van der Waals surface area contributed by atoms with E-state index in [0.717, 1.165) is 18.9 Å². The molecule has 3 rings (SSSR count). The number of aliphatic hydroxyl groups is 1. The Hall–Kier alpha value is -0.610. The second-order valence-electron chi connectivity index (χ2n) is 5.83. The zero-order valence-corrected chi connectivity index (χ0v) is 11.8. The van der Waals surface area contributed by atoms with E-state index in [-0.39, 0.29) is 5.56 Å². The summed E-state index contributed by atoms with van der Waals surface area (Å²) in [4.78, 5) is 0. The zero-order chi connectivity index (χ0) is 13.6. The van der Waals surface area contributed by atoms with Crippen LogP contribution < -0.4 is 0 Å². The first-order chi connectivity index (χ1) is 8.98. The van der Waals surface area contributed by atoms with Crippen LogP contribution in [0.4, 0.5) is 8.78 Å². The second kappa shape index (κ2) is 4.74. The SMILES string of the molecule is Cc1cc(C2(O)CC3CCCC(C2)S3)c(F)cc1F. The van der Waals surface area contributed by atoms with Crippen molar-refractivity contribution in [3.8, 4) is 0 Å². The van der Waals surface area contributed by atoms with Crippen molar-refractivity contribution < 1.29 is 13.9 Å². The van der Waals surface area contributed by atoms with Crippen molar-refractivity contribution in [3.63, 3.8) is 0 Å². The van der Waals surface area contributed by atoms with Gasteiger partial charge in [-0.3, -0.25) is 0 Å². The van der Waals surface area contributed by atoms with Crippen LogP contribution in [0.2, 0.25) is 0 Å². The van der Waals surface area contributed by atoms with E-state index in [1.54, 1.807) is 6.92 Å². The Morgan fingerprint density at radius 3 is 2.42 bits per heavy atom. The van der Waals surface area contributed by atoms with E-state index in [0.29, 0.717) is 28.9 Å². The van der Waals surface area contributed by atoms with Crippen molar-refractivity contribution in [2.75, 3.05) is 0 Å². The summed E-state index contributed by atoms with van der Waals surface area (Å²) >= 11 is 1.93. The first-order valence-electron chi connectivity index (χ1n) is 6.82. The molecule has 0 aliphatic carbocycles. The summed E-state index contributed by atoms with van der Waals surface area (Å²) in [6.45, 7) is 1.61. The predicted molar refractivity (Wildman–Crippen MR) is 73.2 cm³/mol. The Balaban J connectivity index is 1.98. The van der Waals surface area contributed by atoms with Crippen molar-refractivity contribution in [3.05, 3.63) is 34.9 Å². The average molecular weight is 284 g/mol. The molecule has 2 bridgehead atoms. The van der Waals surface area contributed by atoms with E-state index in [1.807, 2.05) is 11.8 Å². The number of aryl methyl sites for hydroxylation is 1. The van der Waals surface area contributed by atoms with E-state index in [2.05, 4.69) is 0 Å². The summed E-state index contributed by atoms with van der Waals surface area (Å²) in [6.07, 6.45) is 4.53. The van der Waals surface area contributed by atoms with Crippen LogP contribution in [0.3, 0.4) is 0 Å². The van der Waals surface area contributed by atoms with Crippen LogP contribution in [0.25, 0.3) is 0 Å². The molecule has 2 fully saturated rings. The van der Waals surface area contributed by atoms with Crippen LogP contribution in [0, 0.1) is 18.6 Å². The molecule has 1 nitrogen and oxygen atoms in total. The summed E-state index contributed by atoms with van der Waals surface area (Å²) in [6, 6.07) is 2.39. The van der Waals surface area contributed by atoms with Gasteiger partial charge in [0, 0.05) is 22.1 Å². The highest BCUT2D eigenvalue weighted by molar-refractivity contribution is 8.00. The number of halogens is 2. The molecule has 2 unspecified atom stereocenters. The van der Waals surface area contributed by atoms with Crippen molar-refractivity contribution in [2.45, 2.75) is 55.1 Å². The molecule has 1 N–H and O–H groups in total. The van der Waals surface area contributed by atoms with Crippen LogP contribution in [-0.4, -0.2) is 15.6 Å². The van der Waals surface area contributed by atoms with Gasteiger partial charge in [0.05, 0.1) is 5.60 Å². The highest BCUT2D eigenvalue weighted by atomic mass is 32.2. The van der Waals surface area contributed by atoms with Crippen molar-refractivity contribution in [1.29, 1.82) is 0 Å². The van der Waals surface area contributed by atoms with Gasteiger partial charge in [0.1, 0.15) is 11.6 Å². The molecule has 104 valence electrons. The summed E-state index contributed by atoms with van der Waals surface area (Å²) in [5.74, 6) is -1.16. The fourth-order valence-corrected chi connectivity index (χ4v) is 5.25. The molecule has 0 amide bonds. The normalized spacial score (nSPS) is 34.3. The molecule has 2 heterocycles. The van der Waals surface area contributed by atoms with E-state index < -0.39 is 17.2 Å². The summed E-state index contributed by atoms with van der Waals surface area (Å²) in [5.41, 5.74) is -0.444. The van der Waals surface area contributed by atoms with E-state index in [4.69, 9.17) is 0 Å². The van der Waals surface area contributed by atoms with Gasteiger partial charge in [0.15, 0.2) is 0 Å². The minimum atomic E-state index is -1.12. The maximum Gasteiger partial charge on any atom is 0.132 e. The van der Waals surface area contributed by atoms with Crippen LogP contribution >= 0.6 is 11.8 Å². The maximum atomic E-state index is 14.0. The molecule has 2 atom stereocenters. The van der Waals surface area contributed by atoms with Gasteiger partial charge in [0.25, 0.3) is 0 Å². The maximum absolute atomic E-state index is 14.0. The van der Waals surface area contributed by atoms with Crippen LogP contribution in [0.15, 0.2) is 12.1 Å². The van der Waals surface area contributed by atoms with Gasteiger partial charge in [-0.25, -0.2) is 8.78 Å². The number of hydrogen-bond acceptors (Lipinski definition) is 2. The number of benzene rings is 1. The van der Waals surface area contributed by atoms with Gasteiger partial charge in [-0.15, -0.1) is 0 Å². The summed E-state index contributed by atoms with van der Waals surface area (Å²) < 4.78 is 27.4. The fourth-order valence-electron chi connectivity index (χ4n) is 3.35. The quantitative estimate of drug-likeness (QED) is 0.843. The Bertz CT molecular complexity index is 491. The topological polar surface area (TPSA) is 20.2 Å². The fraction of sp³-hybridized carbons (Fsp3) is 0.600. The van der Waals surface area contributed by atoms with Gasteiger partial charge in [0.2, 0.25) is 0 Å². The van der Waals surface area contributed by atoms with Crippen molar-refractivity contribution >= 4 is 11.8 Å².